The maximum Gasteiger partial charge on any atom is 0.325 e. The summed E-state index contributed by atoms with van der Waals surface area (Å²) >= 11 is 0. The number of esters is 1. The van der Waals surface area contributed by atoms with Crippen LogP contribution < -0.4 is 0 Å². The van der Waals surface area contributed by atoms with Crippen molar-refractivity contribution in [2.75, 3.05) is 26.8 Å². The number of methoxy groups -OCH3 is 1. The van der Waals surface area contributed by atoms with Gasteiger partial charge < -0.3 is 14.4 Å². The molecule has 1 aliphatic carbocycles. The summed E-state index contributed by atoms with van der Waals surface area (Å²) < 4.78 is 10.4. The number of nitrogens with zero attached hydrogens (tertiary/aromatic N) is 1. The fourth-order valence-electron chi connectivity index (χ4n) is 2.73. The highest BCUT2D eigenvalue weighted by Gasteiger charge is 2.23. The molecule has 122 valence electrons. The SMILES string of the molecule is COC(=O)CN(CC(C)C)C(=O)CO[C@H]1CCC[C@@H](C)C1. The third-order valence-electron chi connectivity index (χ3n) is 3.82. The van der Waals surface area contributed by atoms with E-state index < -0.39 is 5.97 Å². The van der Waals surface area contributed by atoms with Crippen LogP contribution in [0.4, 0.5) is 0 Å². The zero-order chi connectivity index (χ0) is 15.8. The van der Waals surface area contributed by atoms with Gasteiger partial charge in [-0.15, -0.1) is 0 Å². The topological polar surface area (TPSA) is 55.8 Å². The fourth-order valence-corrected chi connectivity index (χ4v) is 2.73. The fraction of sp³-hybridized carbons (Fsp3) is 0.875. The summed E-state index contributed by atoms with van der Waals surface area (Å²) in [4.78, 5) is 25.2. The summed E-state index contributed by atoms with van der Waals surface area (Å²) in [6, 6.07) is 0. The summed E-state index contributed by atoms with van der Waals surface area (Å²) in [6.45, 7) is 6.85. The lowest BCUT2D eigenvalue weighted by Gasteiger charge is -2.28. The Morgan fingerprint density at radius 2 is 2.00 bits per heavy atom. The molecular weight excluding hydrogens is 270 g/mol. The molecule has 0 aromatic rings. The van der Waals surface area contributed by atoms with Gasteiger partial charge in [-0.1, -0.05) is 33.6 Å². The van der Waals surface area contributed by atoms with E-state index in [4.69, 9.17) is 4.74 Å². The number of rotatable bonds is 7. The number of hydrogen-bond donors (Lipinski definition) is 0. The van der Waals surface area contributed by atoms with E-state index in [1.54, 1.807) is 0 Å². The van der Waals surface area contributed by atoms with Crippen molar-refractivity contribution in [2.45, 2.75) is 52.6 Å². The second-order valence-electron chi connectivity index (χ2n) is 6.45. The normalized spacial score (nSPS) is 22.1. The van der Waals surface area contributed by atoms with Crippen LogP contribution in [0.3, 0.4) is 0 Å². The second-order valence-corrected chi connectivity index (χ2v) is 6.45. The van der Waals surface area contributed by atoms with E-state index in [0.29, 0.717) is 18.4 Å². The van der Waals surface area contributed by atoms with Crippen molar-refractivity contribution in [3.05, 3.63) is 0 Å². The molecule has 0 radical (unpaired) electrons. The van der Waals surface area contributed by atoms with Crippen molar-refractivity contribution in [1.29, 1.82) is 0 Å². The van der Waals surface area contributed by atoms with Gasteiger partial charge in [0.1, 0.15) is 13.2 Å². The zero-order valence-electron chi connectivity index (χ0n) is 13.8. The van der Waals surface area contributed by atoms with Gasteiger partial charge in [-0.3, -0.25) is 9.59 Å². The molecule has 0 bridgehead atoms. The molecular formula is C16H29NO4. The van der Waals surface area contributed by atoms with Gasteiger partial charge in [0.15, 0.2) is 0 Å². The Morgan fingerprint density at radius 1 is 1.29 bits per heavy atom. The second kappa shape index (κ2) is 9.03. The minimum Gasteiger partial charge on any atom is -0.468 e. The third-order valence-corrected chi connectivity index (χ3v) is 3.82. The van der Waals surface area contributed by atoms with Crippen LogP contribution >= 0.6 is 0 Å². The quantitative estimate of drug-likeness (QED) is 0.677. The van der Waals surface area contributed by atoms with Gasteiger partial charge in [0.25, 0.3) is 0 Å². The summed E-state index contributed by atoms with van der Waals surface area (Å²) in [7, 11) is 1.33. The lowest BCUT2D eigenvalue weighted by Crippen LogP contribution is -2.41. The molecule has 0 aromatic heterocycles. The van der Waals surface area contributed by atoms with Gasteiger partial charge >= 0.3 is 5.97 Å². The molecule has 0 spiro atoms. The van der Waals surface area contributed by atoms with Crippen LogP contribution in [0.25, 0.3) is 0 Å². The molecule has 1 rings (SSSR count). The van der Waals surface area contributed by atoms with Crippen LogP contribution in [0.2, 0.25) is 0 Å². The van der Waals surface area contributed by atoms with Crippen molar-refractivity contribution in [3.63, 3.8) is 0 Å². The summed E-state index contributed by atoms with van der Waals surface area (Å²) in [5.41, 5.74) is 0. The molecule has 5 nitrogen and oxygen atoms in total. The molecule has 0 aliphatic heterocycles. The Labute approximate surface area is 128 Å². The smallest absolute Gasteiger partial charge is 0.325 e. The molecule has 1 aliphatic rings. The number of amides is 1. The van der Waals surface area contributed by atoms with Crippen LogP contribution in [-0.4, -0.2) is 49.7 Å². The first-order valence-corrected chi connectivity index (χ1v) is 7.88. The van der Waals surface area contributed by atoms with E-state index in [2.05, 4.69) is 11.7 Å². The Balaban J connectivity index is 2.45. The molecule has 0 unspecified atom stereocenters. The number of carbonyl (C=O) groups excluding carboxylic acids is 2. The summed E-state index contributed by atoms with van der Waals surface area (Å²) in [6.07, 6.45) is 4.64. The molecule has 0 aromatic carbocycles. The first-order valence-electron chi connectivity index (χ1n) is 7.88. The summed E-state index contributed by atoms with van der Waals surface area (Å²) in [5.74, 6) is 0.441. The Hall–Kier alpha value is -1.10. The van der Waals surface area contributed by atoms with E-state index in [-0.39, 0.29) is 25.2 Å². The van der Waals surface area contributed by atoms with Crippen molar-refractivity contribution < 1.29 is 19.1 Å². The van der Waals surface area contributed by atoms with E-state index in [0.717, 1.165) is 19.3 Å². The zero-order valence-corrected chi connectivity index (χ0v) is 13.8. The standard InChI is InChI=1S/C16H29NO4/c1-12(2)9-17(10-16(19)20-4)15(18)11-21-14-7-5-6-13(3)8-14/h12-14H,5-11H2,1-4H3/t13-,14+/m1/s1. The highest BCUT2D eigenvalue weighted by Crippen LogP contribution is 2.25. The van der Waals surface area contributed by atoms with Crippen molar-refractivity contribution in [1.82, 2.24) is 4.90 Å². The highest BCUT2D eigenvalue weighted by molar-refractivity contribution is 5.82. The van der Waals surface area contributed by atoms with Crippen LogP contribution in [0, 0.1) is 11.8 Å². The first kappa shape index (κ1) is 18.0. The van der Waals surface area contributed by atoms with Crippen LogP contribution in [0.15, 0.2) is 0 Å². The van der Waals surface area contributed by atoms with E-state index in [1.165, 1.54) is 18.4 Å². The molecule has 1 saturated carbocycles. The molecule has 5 heteroatoms. The van der Waals surface area contributed by atoms with Gasteiger partial charge in [-0.25, -0.2) is 0 Å². The lowest BCUT2D eigenvalue weighted by molar-refractivity contribution is -0.150. The molecule has 2 atom stereocenters. The Kier molecular flexibility index (Phi) is 7.72. The van der Waals surface area contributed by atoms with Gasteiger partial charge in [0.2, 0.25) is 5.91 Å². The predicted molar refractivity (Wildman–Crippen MR) is 80.8 cm³/mol. The number of carbonyl (C=O) groups is 2. The third kappa shape index (κ3) is 6.93. The van der Waals surface area contributed by atoms with E-state index >= 15 is 0 Å². The van der Waals surface area contributed by atoms with Crippen molar-refractivity contribution >= 4 is 11.9 Å². The number of ether oxygens (including phenoxy) is 2. The van der Waals surface area contributed by atoms with Gasteiger partial charge in [0.05, 0.1) is 13.2 Å². The largest absolute Gasteiger partial charge is 0.468 e. The molecule has 1 fully saturated rings. The number of hydrogen-bond acceptors (Lipinski definition) is 4. The average molecular weight is 299 g/mol. The van der Waals surface area contributed by atoms with Crippen LogP contribution in [-0.2, 0) is 19.1 Å². The van der Waals surface area contributed by atoms with Gasteiger partial charge in [0, 0.05) is 6.54 Å². The highest BCUT2D eigenvalue weighted by atomic mass is 16.5. The monoisotopic (exact) mass is 299 g/mol. The molecule has 0 N–H and O–H groups in total. The predicted octanol–water partition coefficient (Wildman–Crippen LogP) is 2.24. The van der Waals surface area contributed by atoms with Crippen molar-refractivity contribution in [2.24, 2.45) is 11.8 Å². The molecule has 0 heterocycles. The van der Waals surface area contributed by atoms with Crippen molar-refractivity contribution in [3.8, 4) is 0 Å². The lowest BCUT2D eigenvalue weighted by atomic mass is 9.89. The van der Waals surface area contributed by atoms with E-state index in [9.17, 15) is 9.59 Å². The molecule has 0 saturated heterocycles. The first-order chi connectivity index (χ1) is 9.92. The molecule has 1 amide bonds. The summed E-state index contributed by atoms with van der Waals surface area (Å²) in [5, 5.41) is 0. The Morgan fingerprint density at radius 3 is 2.57 bits per heavy atom. The van der Waals surface area contributed by atoms with Crippen LogP contribution in [0.1, 0.15) is 46.5 Å². The Bertz CT molecular complexity index is 343. The van der Waals surface area contributed by atoms with E-state index in [1.807, 2.05) is 13.8 Å². The maximum absolute atomic E-state index is 12.2. The maximum atomic E-state index is 12.2. The average Bonchev–Trinajstić information content (AvgIpc) is 2.43. The van der Waals surface area contributed by atoms with Gasteiger partial charge in [-0.2, -0.15) is 0 Å². The molecule has 21 heavy (non-hydrogen) atoms. The minimum atomic E-state index is -0.393. The van der Waals surface area contributed by atoms with Crippen LogP contribution in [0.5, 0.6) is 0 Å². The van der Waals surface area contributed by atoms with Gasteiger partial charge in [-0.05, 0) is 24.7 Å². The minimum absolute atomic E-state index is 0.00204.